The van der Waals surface area contributed by atoms with E-state index >= 15 is 0 Å². The Morgan fingerprint density at radius 1 is 0.682 bits per heavy atom. The van der Waals surface area contributed by atoms with Gasteiger partial charge in [-0.1, -0.05) is 0 Å². The standard InChI is InChI=1S/2C6H8O5/c2*7-3-4-11-6(10)2-1-5(8)9/h2*1-2,7H,3-4H2,(H,8,9). The fourth-order valence-corrected chi connectivity index (χ4v) is 0.667. The maximum absolute atomic E-state index is 10.4. The predicted octanol–water partition coefficient (Wildman–Crippen LogP) is -1.67. The predicted molar refractivity (Wildman–Crippen MR) is 69.6 cm³/mol. The first kappa shape index (κ1) is 21.6. The summed E-state index contributed by atoms with van der Waals surface area (Å²) in [5.74, 6) is -3.99. The number of hydrogen-bond donors (Lipinski definition) is 4. The fourth-order valence-electron chi connectivity index (χ4n) is 0.667. The molecule has 0 radical (unpaired) electrons. The molecule has 0 rings (SSSR count). The number of carboxylic acid groups (broad SMARTS) is 2. The summed E-state index contributed by atoms with van der Waals surface area (Å²) in [6, 6.07) is 0. The van der Waals surface area contributed by atoms with Crippen molar-refractivity contribution in [3.8, 4) is 0 Å². The van der Waals surface area contributed by atoms with E-state index in [1.54, 1.807) is 0 Å². The van der Waals surface area contributed by atoms with Crippen molar-refractivity contribution >= 4 is 23.9 Å². The van der Waals surface area contributed by atoms with Gasteiger partial charge in [0.2, 0.25) is 0 Å². The van der Waals surface area contributed by atoms with Crippen LogP contribution in [0.4, 0.5) is 0 Å². The summed E-state index contributed by atoms with van der Waals surface area (Å²) in [4.78, 5) is 40.5. The first-order valence-corrected chi connectivity index (χ1v) is 5.70. The van der Waals surface area contributed by atoms with Crippen molar-refractivity contribution in [2.75, 3.05) is 26.4 Å². The van der Waals surface area contributed by atoms with Crippen LogP contribution in [0.15, 0.2) is 24.3 Å². The SMILES string of the molecule is O=C(O)C=CC(=O)OCCO.O=C(O)C=CC(=O)OCCO. The Kier molecular flexibility index (Phi) is 14.4. The lowest BCUT2D eigenvalue weighted by Crippen LogP contribution is -2.05. The molecule has 0 unspecified atom stereocenters. The summed E-state index contributed by atoms with van der Waals surface area (Å²) in [6.45, 7) is -0.787. The van der Waals surface area contributed by atoms with Crippen LogP contribution in [0.25, 0.3) is 0 Å². The molecule has 0 aromatic rings. The number of aliphatic hydroxyl groups is 2. The van der Waals surface area contributed by atoms with Crippen LogP contribution in [0.5, 0.6) is 0 Å². The molecule has 0 heterocycles. The van der Waals surface area contributed by atoms with E-state index in [-0.39, 0.29) is 26.4 Å². The molecular formula is C12H16O10. The van der Waals surface area contributed by atoms with Gasteiger partial charge in [0.25, 0.3) is 0 Å². The molecule has 0 aliphatic heterocycles. The molecule has 10 nitrogen and oxygen atoms in total. The molecule has 0 spiro atoms. The summed E-state index contributed by atoms with van der Waals surface area (Å²) in [5, 5.41) is 32.4. The zero-order valence-corrected chi connectivity index (χ0v) is 11.4. The number of esters is 2. The number of aliphatic hydroxyl groups excluding tert-OH is 2. The van der Waals surface area contributed by atoms with E-state index in [1.807, 2.05) is 0 Å². The highest BCUT2D eigenvalue weighted by atomic mass is 16.5. The number of hydrogen-bond acceptors (Lipinski definition) is 8. The minimum absolute atomic E-state index is 0.122. The van der Waals surface area contributed by atoms with E-state index in [1.165, 1.54) is 0 Å². The topological polar surface area (TPSA) is 168 Å². The molecule has 0 aliphatic carbocycles. The summed E-state index contributed by atoms with van der Waals surface area (Å²) in [6.07, 6.45) is 2.88. The lowest BCUT2D eigenvalue weighted by Gasteiger charge is -1.95. The van der Waals surface area contributed by atoms with Crippen LogP contribution in [-0.4, -0.2) is 70.7 Å². The summed E-state index contributed by atoms with van der Waals surface area (Å²) >= 11 is 0. The Labute approximate surface area is 124 Å². The Bertz CT molecular complexity index is 384. The summed E-state index contributed by atoms with van der Waals surface area (Å²) < 4.78 is 8.60. The molecule has 0 aromatic heterocycles. The highest BCUT2D eigenvalue weighted by molar-refractivity contribution is 5.91. The molecule has 0 atom stereocenters. The van der Waals surface area contributed by atoms with Crippen molar-refractivity contribution in [1.82, 2.24) is 0 Å². The van der Waals surface area contributed by atoms with Crippen molar-refractivity contribution in [2.45, 2.75) is 0 Å². The average Bonchev–Trinajstić information content (AvgIpc) is 2.47. The van der Waals surface area contributed by atoms with Gasteiger partial charge in [-0.2, -0.15) is 0 Å². The summed E-state index contributed by atoms with van der Waals surface area (Å²) in [7, 11) is 0. The average molecular weight is 320 g/mol. The van der Waals surface area contributed by atoms with Gasteiger partial charge in [-0.05, 0) is 0 Å². The second-order valence-corrected chi connectivity index (χ2v) is 3.13. The molecule has 0 bridgehead atoms. The molecule has 0 fully saturated rings. The zero-order chi connectivity index (χ0) is 17.4. The minimum Gasteiger partial charge on any atom is -0.478 e. The molecule has 22 heavy (non-hydrogen) atoms. The molecular weight excluding hydrogens is 304 g/mol. The van der Waals surface area contributed by atoms with Gasteiger partial charge in [0.05, 0.1) is 13.2 Å². The third-order valence-electron chi connectivity index (χ3n) is 1.40. The highest BCUT2D eigenvalue weighted by Gasteiger charge is 1.96. The zero-order valence-electron chi connectivity index (χ0n) is 11.4. The Morgan fingerprint density at radius 3 is 1.23 bits per heavy atom. The van der Waals surface area contributed by atoms with E-state index < -0.39 is 23.9 Å². The molecule has 124 valence electrons. The van der Waals surface area contributed by atoms with Gasteiger partial charge >= 0.3 is 23.9 Å². The highest BCUT2D eigenvalue weighted by Crippen LogP contribution is 1.81. The van der Waals surface area contributed by atoms with E-state index in [4.69, 9.17) is 20.4 Å². The molecule has 0 amide bonds. The molecule has 0 saturated heterocycles. The van der Waals surface area contributed by atoms with Crippen molar-refractivity contribution in [3.63, 3.8) is 0 Å². The van der Waals surface area contributed by atoms with Crippen molar-refractivity contribution in [2.24, 2.45) is 0 Å². The second kappa shape index (κ2) is 14.7. The maximum atomic E-state index is 10.4. The number of aliphatic carboxylic acids is 2. The van der Waals surface area contributed by atoms with Gasteiger partial charge in [-0.25, -0.2) is 19.2 Å². The number of ether oxygens (including phenoxy) is 2. The van der Waals surface area contributed by atoms with Crippen molar-refractivity contribution in [3.05, 3.63) is 24.3 Å². The smallest absolute Gasteiger partial charge is 0.331 e. The van der Waals surface area contributed by atoms with E-state index in [0.29, 0.717) is 12.2 Å². The summed E-state index contributed by atoms with van der Waals surface area (Å²) in [5.41, 5.74) is 0. The first-order valence-electron chi connectivity index (χ1n) is 5.70. The number of carboxylic acids is 2. The quantitative estimate of drug-likeness (QED) is 0.299. The van der Waals surface area contributed by atoms with Crippen LogP contribution in [-0.2, 0) is 28.7 Å². The molecule has 4 N–H and O–H groups in total. The van der Waals surface area contributed by atoms with Gasteiger partial charge in [-0.15, -0.1) is 0 Å². The van der Waals surface area contributed by atoms with Crippen LogP contribution >= 0.6 is 0 Å². The molecule has 0 aromatic carbocycles. The lowest BCUT2D eigenvalue weighted by atomic mass is 10.5. The van der Waals surface area contributed by atoms with Gasteiger partial charge in [0.15, 0.2) is 0 Å². The third kappa shape index (κ3) is 19.6. The third-order valence-corrected chi connectivity index (χ3v) is 1.40. The van der Waals surface area contributed by atoms with Gasteiger partial charge in [0, 0.05) is 24.3 Å². The van der Waals surface area contributed by atoms with Crippen LogP contribution in [0, 0.1) is 0 Å². The normalized spacial score (nSPS) is 9.91. The van der Waals surface area contributed by atoms with E-state index in [2.05, 4.69) is 9.47 Å². The monoisotopic (exact) mass is 320 g/mol. The van der Waals surface area contributed by atoms with Crippen LogP contribution in [0.3, 0.4) is 0 Å². The van der Waals surface area contributed by atoms with Gasteiger partial charge < -0.3 is 29.9 Å². The van der Waals surface area contributed by atoms with Crippen molar-refractivity contribution < 1.29 is 49.1 Å². The molecule has 10 heteroatoms. The van der Waals surface area contributed by atoms with E-state index in [9.17, 15) is 19.2 Å². The number of carbonyl (C=O) groups is 4. The Balaban J connectivity index is 0. The number of carbonyl (C=O) groups excluding carboxylic acids is 2. The van der Waals surface area contributed by atoms with Gasteiger partial charge in [0.1, 0.15) is 13.2 Å². The maximum Gasteiger partial charge on any atom is 0.331 e. The molecule has 0 saturated carbocycles. The van der Waals surface area contributed by atoms with E-state index in [0.717, 1.165) is 12.2 Å². The van der Waals surface area contributed by atoms with Crippen LogP contribution in [0.1, 0.15) is 0 Å². The van der Waals surface area contributed by atoms with Gasteiger partial charge in [-0.3, -0.25) is 0 Å². The number of rotatable bonds is 8. The fraction of sp³-hybridized carbons (Fsp3) is 0.333. The van der Waals surface area contributed by atoms with Crippen molar-refractivity contribution in [1.29, 1.82) is 0 Å². The minimum atomic E-state index is -1.22. The largest absolute Gasteiger partial charge is 0.478 e. The second-order valence-electron chi connectivity index (χ2n) is 3.13. The van der Waals surface area contributed by atoms with Crippen LogP contribution < -0.4 is 0 Å². The Morgan fingerprint density at radius 2 is 1.00 bits per heavy atom. The van der Waals surface area contributed by atoms with Crippen LogP contribution in [0.2, 0.25) is 0 Å². The lowest BCUT2D eigenvalue weighted by molar-refractivity contribution is -0.140. The molecule has 0 aliphatic rings. The first-order chi connectivity index (χ1) is 10.3. The Hall–Kier alpha value is -2.72.